The Morgan fingerprint density at radius 2 is 2.11 bits per heavy atom. The third kappa shape index (κ3) is 3.95. The van der Waals surface area contributed by atoms with Gasteiger partial charge >= 0.3 is 10.3 Å². The fourth-order valence-corrected chi connectivity index (χ4v) is 5.23. The number of nitrogens with one attached hydrogen (secondary N) is 1. The number of carbonyl (C=O) groups excluding carboxylic acids is 2. The van der Waals surface area contributed by atoms with Crippen LogP contribution in [-0.4, -0.2) is 59.0 Å². The van der Waals surface area contributed by atoms with Gasteiger partial charge in [-0.25, -0.2) is 9.29 Å². The Morgan fingerprint density at radius 1 is 1.43 bits per heavy atom. The van der Waals surface area contributed by atoms with E-state index in [1.54, 1.807) is 0 Å². The molecule has 0 aromatic carbocycles. The Labute approximate surface area is 165 Å². The molecule has 2 fully saturated rings. The summed E-state index contributed by atoms with van der Waals surface area (Å²) in [6, 6.07) is -1.92. The van der Waals surface area contributed by atoms with Crippen LogP contribution in [0.3, 0.4) is 0 Å². The number of anilines is 1. The minimum atomic E-state index is -4.71. The van der Waals surface area contributed by atoms with Gasteiger partial charge in [0.05, 0.1) is 6.04 Å². The number of thiazole rings is 1. The maximum absolute atomic E-state index is 12.7. The van der Waals surface area contributed by atoms with E-state index >= 15 is 0 Å². The molecule has 0 radical (unpaired) electrons. The molecule has 28 heavy (non-hydrogen) atoms. The van der Waals surface area contributed by atoms with Crippen molar-refractivity contribution in [1.82, 2.24) is 14.6 Å². The van der Waals surface area contributed by atoms with Crippen LogP contribution in [0.15, 0.2) is 10.5 Å². The molecule has 1 aliphatic heterocycles. The SMILES string of the molecule is CO/N=C(\C(=O)N[C@@H]1C(=O)N(S(=O)(=O)O)[C@H]1C1CCCCC1)c1csc(N)n1. The Kier molecular flexibility index (Phi) is 5.86. The average Bonchev–Trinajstić information content (AvgIpc) is 3.07. The quantitative estimate of drug-likeness (QED) is 0.248. The van der Waals surface area contributed by atoms with Gasteiger partial charge in [-0.2, -0.15) is 8.42 Å². The Morgan fingerprint density at radius 3 is 2.64 bits per heavy atom. The molecule has 1 aromatic heterocycles. The number of hydrogen-bond donors (Lipinski definition) is 3. The molecule has 2 heterocycles. The monoisotopic (exact) mass is 431 g/mol. The highest BCUT2D eigenvalue weighted by Crippen LogP contribution is 2.37. The standard InChI is InChI=1S/C15H21N5O6S2/c1-26-19-10(9-7-27-15(16)17-9)13(21)18-11-12(8-5-3-2-4-6-8)20(14(11)22)28(23,24)25/h7-8,11-12H,2-6H2,1H3,(H2,16,17)(H,18,21)(H,23,24,25)/b19-10-/t11-,12-/m0/s1. The van der Waals surface area contributed by atoms with Crippen LogP contribution in [0.4, 0.5) is 5.13 Å². The van der Waals surface area contributed by atoms with E-state index in [1.165, 1.54) is 12.5 Å². The van der Waals surface area contributed by atoms with Gasteiger partial charge in [-0.15, -0.1) is 11.3 Å². The second-order valence-electron chi connectivity index (χ2n) is 6.65. The van der Waals surface area contributed by atoms with E-state index in [0.29, 0.717) is 17.1 Å². The van der Waals surface area contributed by atoms with Gasteiger partial charge in [0.1, 0.15) is 18.8 Å². The van der Waals surface area contributed by atoms with Crippen molar-refractivity contribution in [1.29, 1.82) is 0 Å². The van der Waals surface area contributed by atoms with Gasteiger partial charge in [-0.3, -0.25) is 14.1 Å². The minimum Gasteiger partial charge on any atom is -0.398 e. The normalized spacial score (nSPS) is 24.0. The first-order valence-corrected chi connectivity index (χ1v) is 11.0. The number of nitrogen functional groups attached to an aromatic ring is 1. The van der Waals surface area contributed by atoms with Crippen molar-refractivity contribution in [2.75, 3.05) is 12.8 Å². The molecular formula is C15H21N5O6S2. The first kappa shape index (κ1) is 20.5. The summed E-state index contributed by atoms with van der Waals surface area (Å²) in [6.07, 6.45) is 4.22. The van der Waals surface area contributed by atoms with Crippen LogP contribution in [0.5, 0.6) is 0 Å². The average molecular weight is 431 g/mol. The van der Waals surface area contributed by atoms with Crippen molar-refractivity contribution in [3.8, 4) is 0 Å². The number of rotatable bonds is 6. The maximum Gasteiger partial charge on any atom is 0.362 e. The number of hydrogen-bond acceptors (Lipinski definition) is 9. The second kappa shape index (κ2) is 8.01. The number of carbonyl (C=O) groups is 2. The summed E-state index contributed by atoms with van der Waals surface area (Å²) in [7, 11) is -3.46. The number of amides is 2. The molecular weight excluding hydrogens is 410 g/mol. The number of β-lactam (4-membered cyclic amide) rings is 1. The molecule has 1 aromatic rings. The minimum absolute atomic E-state index is 0.142. The summed E-state index contributed by atoms with van der Waals surface area (Å²) < 4.78 is 33.2. The molecule has 154 valence electrons. The van der Waals surface area contributed by atoms with Crippen LogP contribution < -0.4 is 11.1 Å². The highest BCUT2D eigenvalue weighted by molar-refractivity contribution is 7.84. The predicted octanol–water partition coefficient (Wildman–Crippen LogP) is 0.155. The van der Waals surface area contributed by atoms with Crippen LogP contribution in [-0.2, 0) is 24.7 Å². The van der Waals surface area contributed by atoms with Crippen molar-refractivity contribution in [3.63, 3.8) is 0 Å². The molecule has 2 aliphatic rings. The summed E-state index contributed by atoms with van der Waals surface area (Å²) in [6.45, 7) is 0. The summed E-state index contributed by atoms with van der Waals surface area (Å²) in [4.78, 5) is 33.7. The van der Waals surface area contributed by atoms with Crippen LogP contribution in [0.2, 0.25) is 0 Å². The lowest BCUT2D eigenvalue weighted by atomic mass is 9.77. The molecule has 11 nitrogen and oxygen atoms in total. The molecule has 0 bridgehead atoms. The largest absolute Gasteiger partial charge is 0.398 e. The third-order valence-electron chi connectivity index (χ3n) is 4.93. The predicted molar refractivity (Wildman–Crippen MR) is 101 cm³/mol. The molecule has 0 spiro atoms. The van der Waals surface area contributed by atoms with Gasteiger partial charge in [0.15, 0.2) is 10.8 Å². The van der Waals surface area contributed by atoms with Gasteiger partial charge < -0.3 is 15.9 Å². The van der Waals surface area contributed by atoms with Crippen molar-refractivity contribution >= 4 is 44.3 Å². The molecule has 4 N–H and O–H groups in total. The van der Waals surface area contributed by atoms with Gasteiger partial charge in [-0.1, -0.05) is 24.4 Å². The Hall–Kier alpha value is -2.25. The van der Waals surface area contributed by atoms with Gasteiger partial charge in [0.25, 0.3) is 11.8 Å². The Balaban J connectivity index is 1.83. The van der Waals surface area contributed by atoms with E-state index in [9.17, 15) is 22.6 Å². The third-order valence-corrected chi connectivity index (χ3v) is 6.52. The van der Waals surface area contributed by atoms with Gasteiger partial charge in [0, 0.05) is 5.38 Å². The number of aromatic nitrogens is 1. The Bertz CT molecular complexity index is 892. The molecule has 2 amide bonds. The van der Waals surface area contributed by atoms with E-state index in [2.05, 4.69) is 20.3 Å². The van der Waals surface area contributed by atoms with Crippen molar-refractivity contribution in [2.24, 2.45) is 11.1 Å². The molecule has 1 aliphatic carbocycles. The zero-order valence-electron chi connectivity index (χ0n) is 15.1. The smallest absolute Gasteiger partial charge is 0.362 e. The second-order valence-corrected chi connectivity index (χ2v) is 8.82. The zero-order chi connectivity index (χ0) is 20.5. The fraction of sp³-hybridized carbons (Fsp3) is 0.600. The molecule has 13 heteroatoms. The van der Waals surface area contributed by atoms with E-state index in [0.717, 1.165) is 30.6 Å². The van der Waals surface area contributed by atoms with E-state index in [1.807, 2.05) is 0 Å². The van der Waals surface area contributed by atoms with Crippen LogP contribution in [0.25, 0.3) is 0 Å². The van der Waals surface area contributed by atoms with Crippen molar-refractivity contribution in [3.05, 3.63) is 11.1 Å². The molecule has 1 saturated carbocycles. The first-order chi connectivity index (χ1) is 13.2. The molecule has 1 saturated heterocycles. The number of oxime groups is 1. The van der Waals surface area contributed by atoms with Crippen LogP contribution in [0.1, 0.15) is 37.8 Å². The van der Waals surface area contributed by atoms with Gasteiger partial charge in [-0.05, 0) is 18.8 Å². The van der Waals surface area contributed by atoms with E-state index in [4.69, 9.17) is 5.73 Å². The lowest BCUT2D eigenvalue weighted by molar-refractivity contribution is -0.148. The topological polar surface area (TPSA) is 164 Å². The molecule has 0 unspecified atom stereocenters. The van der Waals surface area contributed by atoms with Crippen molar-refractivity contribution < 1.29 is 27.4 Å². The summed E-state index contributed by atoms with van der Waals surface area (Å²) in [5.74, 6) is -1.78. The van der Waals surface area contributed by atoms with E-state index in [-0.39, 0.29) is 22.5 Å². The fourth-order valence-electron chi connectivity index (χ4n) is 3.74. The zero-order valence-corrected chi connectivity index (χ0v) is 16.7. The highest BCUT2D eigenvalue weighted by Gasteiger charge is 2.57. The highest BCUT2D eigenvalue weighted by atomic mass is 32.2. The maximum atomic E-state index is 12.7. The van der Waals surface area contributed by atoms with Gasteiger partial charge in [0.2, 0.25) is 0 Å². The van der Waals surface area contributed by atoms with Crippen LogP contribution in [0, 0.1) is 5.92 Å². The lowest BCUT2D eigenvalue weighted by Gasteiger charge is -2.48. The summed E-state index contributed by atoms with van der Waals surface area (Å²) >= 11 is 1.10. The summed E-state index contributed by atoms with van der Waals surface area (Å²) in [5, 5.41) is 7.90. The first-order valence-electron chi connectivity index (χ1n) is 8.68. The number of nitrogens with two attached hydrogens (primary N) is 1. The summed E-state index contributed by atoms with van der Waals surface area (Å²) in [5.41, 5.74) is 5.57. The molecule has 3 rings (SSSR count). The van der Waals surface area contributed by atoms with E-state index < -0.39 is 34.2 Å². The van der Waals surface area contributed by atoms with Crippen LogP contribution >= 0.6 is 11.3 Å². The van der Waals surface area contributed by atoms with Crippen molar-refractivity contribution in [2.45, 2.75) is 44.2 Å². The molecule has 2 atom stereocenters. The lowest BCUT2D eigenvalue weighted by Crippen LogP contribution is -2.74. The number of nitrogens with zero attached hydrogens (tertiary/aromatic N) is 3.